The highest BCUT2D eigenvalue weighted by molar-refractivity contribution is 5.65. The van der Waals surface area contributed by atoms with Crippen LogP contribution in [0.25, 0.3) is 6.08 Å². The summed E-state index contributed by atoms with van der Waals surface area (Å²) in [7, 11) is 3.42. The van der Waals surface area contributed by atoms with Crippen LogP contribution in [0.5, 0.6) is 11.5 Å². The first-order valence-electron chi connectivity index (χ1n) is 13.4. The maximum Gasteiger partial charge on any atom is 0.118 e. The number of ether oxygens (including phenoxy) is 2. The third kappa shape index (κ3) is 5.27. The molecule has 196 valence electrons. The molecule has 0 saturated heterocycles. The molecule has 0 aromatic heterocycles. The highest BCUT2D eigenvalue weighted by atomic mass is 16.5. The van der Waals surface area contributed by atoms with Gasteiger partial charge in [0.15, 0.2) is 0 Å². The van der Waals surface area contributed by atoms with Gasteiger partial charge in [0.05, 0.1) is 25.6 Å². The van der Waals surface area contributed by atoms with E-state index in [9.17, 15) is 0 Å². The van der Waals surface area contributed by atoms with E-state index in [1.165, 1.54) is 38.4 Å². The summed E-state index contributed by atoms with van der Waals surface area (Å²) in [5, 5.41) is 2.32. The molecule has 4 aromatic rings. The summed E-state index contributed by atoms with van der Waals surface area (Å²) in [5.74, 6) is 1.73. The number of quaternary nitrogens is 1. The Hall–Kier alpha value is -4.48. The Balaban J connectivity index is 1.44. The van der Waals surface area contributed by atoms with E-state index in [0.717, 1.165) is 36.8 Å². The molecule has 0 saturated carbocycles. The third-order valence-electron chi connectivity index (χ3n) is 7.56. The molecule has 0 amide bonds. The molecular formula is C34H34N3O2+. The van der Waals surface area contributed by atoms with Crippen molar-refractivity contribution in [3.8, 4) is 11.5 Å². The second-order valence-corrected chi connectivity index (χ2v) is 10.1. The lowest BCUT2D eigenvalue weighted by Gasteiger charge is -2.30. The largest absolute Gasteiger partial charge is 0.497 e. The minimum Gasteiger partial charge on any atom is -0.497 e. The van der Waals surface area contributed by atoms with Crippen molar-refractivity contribution in [2.24, 2.45) is 0 Å². The smallest absolute Gasteiger partial charge is 0.118 e. The fraction of sp³-hybridized carbons (Fsp3) is 0.176. The second kappa shape index (κ2) is 11.1. The number of nitrogens with zero attached hydrogens (tertiary/aromatic N) is 1. The van der Waals surface area contributed by atoms with Gasteiger partial charge < -0.3 is 14.4 Å². The lowest BCUT2D eigenvalue weighted by Crippen LogP contribution is -3.11. The van der Waals surface area contributed by atoms with Gasteiger partial charge in [-0.25, -0.2) is 0 Å². The molecule has 0 aliphatic carbocycles. The van der Waals surface area contributed by atoms with Gasteiger partial charge in [-0.3, -0.25) is 10.4 Å². The van der Waals surface area contributed by atoms with E-state index in [-0.39, 0.29) is 6.04 Å². The van der Waals surface area contributed by atoms with Gasteiger partial charge in [-0.15, -0.1) is 0 Å². The second-order valence-electron chi connectivity index (χ2n) is 10.1. The van der Waals surface area contributed by atoms with E-state index >= 15 is 0 Å². The summed E-state index contributed by atoms with van der Waals surface area (Å²) in [4.78, 5) is 1.52. The van der Waals surface area contributed by atoms with Crippen molar-refractivity contribution in [2.45, 2.75) is 12.6 Å². The van der Waals surface area contributed by atoms with Gasteiger partial charge in [-0.1, -0.05) is 72.8 Å². The number of benzene rings is 4. The average molecular weight is 517 g/mol. The number of para-hydroxylation sites is 1. The molecule has 0 bridgehead atoms. The quantitative estimate of drug-likeness (QED) is 0.354. The van der Waals surface area contributed by atoms with Crippen molar-refractivity contribution >= 4 is 11.8 Å². The first-order chi connectivity index (χ1) is 19.2. The van der Waals surface area contributed by atoms with Gasteiger partial charge >= 0.3 is 0 Å². The van der Waals surface area contributed by atoms with Gasteiger partial charge in [-0.2, -0.15) is 0 Å². The van der Waals surface area contributed by atoms with Gasteiger partial charge in [0.1, 0.15) is 37.2 Å². The zero-order valence-electron chi connectivity index (χ0n) is 22.4. The summed E-state index contributed by atoms with van der Waals surface area (Å²) in [6, 6.07) is 38.3. The van der Waals surface area contributed by atoms with Gasteiger partial charge in [0, 0.05) is 16.7 Å². The zero-order chi connectivity index (χ0) is 26.6. The highest BCUT2D eigenvalue weighted by Gasteiger charge is 2.41. The average Bonchev–Trinajstić information content (AvgIpc) is 3.38. The fourth-order valence-corrected chi connectivity index (χ4v) is 5.67. The molecule has 0 fully saturated rings. The summed E-state index contributed by atoms with van der Waals surface area (Å²) in [5.41, 5.74) is 12.7. The standard InChI is InChI=1S/C34H33N3O2/c1-38-30-17-13-25(14-18-30)21-28-23-36(22-26-9-5-3-6-10-26)24-32-33(28)35-37(29-11-7-4-8-12-29)34(32)27-15-19-31(39-2)20-16-27/h3-21,34-35H,22-24H2,1-2H3/p+1. The van der Waals surface area contributed by atoms with Crippen LogP contribution < -0.4 is 24.8 Å². The Morgan fingerprint density at radius 3 is 2.03 bits per heavy atom. The van der Waals surface area contributed by atoms with Crippen LogP contribution >= 0.6 is 0 Å². The normalized spacial score (nSPS) is 19.5. The predicted octanol–water partition coefficient (Wildman–Crippen LogP) is 5.21. The van der Waals surface area contributed by atoms with E-state index < -0.39 is 0 Å². The lowest BCUT2D eigenvalue weighted by atomic mass is 9.91. The number of hydrazine groups is 1. The Morgan fingerprint density at radius 2 is 1.38 bits per heavy atom. The Labute approximate surface area is 230 Å². The predicted molar refractivity (Wildman–Crippen MR) is 157 cm³/mol. The summed E-state index contributed by atoms with van der Waals surface area (Å²) in [6.45, 7) is 2.86. The van der Waals surface area contributed by atoms with Crippen LogP contribution in [0.3, 0.4) is 0 Å². The van der Waals surface area contributed by atoms with Crippen LogP contribution in [-0.2, 0) is 6.54 Å². The number of hydrogen-bond acceptors (Lipinski definition) is 4. The van der Waals surface area contributed by atoms with E-state index in [4.69, 9.17) is 9.47 Å². The molecule has 2 aliphatic heterocycles. The monoisotopic (exact) mass is 516 g/mol. The molecule has 2 N–H and O–H groups in total. The first kappa shape index (κ1) is 24.8. The van der Waals surface area contributed by atoms with Crippen molar-refractivity contribution in [3.63, 3.8) is 0 Å². The molecule has 2 aliphatic rings. The SMILES string of the molecule is COc1ccc(C=C2C[NH+](Cc3ccccc3)CC3=C2NN(c2ccccc2)C3c2ccc(OC)cc2)cc1. The number of rotatable bonds is 7. The summed E-state index contributed by atoms with van der Waals surface area (Å²) >= 11 is 0. The Morgan fingerprint density at radius 1 is 0.769 bits per heavy atom. The molecule has 5 heteroatoms. The van der Waals surface area contributed by atoms with Crippen LogP contribution in [0.4, 0.5) is 5.69 Å². The molecule has 6 rings (SSSR count). The Bertz CT molecular complexity index is 1460. The molecule has 4 aromatic carbocycles. The summed E-state index contributed by atoms with van der Waals surface area (Å²) < 4.78 is 10.9. The van der Waals surface area contributed by atoms with Crippen molar-refractivity contribution < 1.29 is 14.4 Å². The topological polar surface area (TPSA) is 38.2 Å². The van der Waals surface area contributed by atoms with E-state index in [0.29, 0.717) is 0 Å². The van der Waals surface area contributed by atoms with Crippen molar-refractivity contribution in [1.82, 2.24) is 5.43 Å². The van der Waals surface area contributed by atoms with Crippen molar-refractivity contribution in [1.29, 1.82) is 0 Å². The Kier molecular flexibility index (Phi) is 7.07. The number of hydrogen-bond donors (Lipinski definition) is 2. The number of anilines is 1. The fourth-order valence-electron chi connectivity index (χ4n) is 5.67. The lowest BCUT2D eigenvalue weighted by molar-refractivity contribution is -0.905. The van der Waals surface area contributed by atoms with Gasteiger partial charge in [0.2, 0.25) is 0 Å². The molecule has 5 nitrogen and oxygen atoms in total. The maximum atomic E-state index is 5.47. The van der Waals surface area contributed by atoms with Gasteiger partial charge in [0.25, 0.3) is 0 Å². The van der Waals surface area contributed by atoms with Crippen LogP contribution in [0.1, 0.15) is 22.7 Å². The molecule has 2 unspecified atom stereocenters. The van der Waals surface area contributed by atoms with E-state index in [1.807, 2.05) is 12.1 Å². The molecule has 39 heavy (non-hydrogen) atoms. The number of nitrogens with one attached hydrogen (secondary N) is 2. The van der Waals surface area contributed by atoms with Crippen LogP contribution in [0.15, 0.2) is 126 Å². The minimum atomic E-state index is 0.0682. The van der Waals surface area contributed by atoms with Crippen molar-refractivity contribution in [3.05, 3.63) is 143 Å². The highest BCUT2D eigenvalue weighted by Crippen LogP contribution is 2.40. The van der Waals surface area contributed by atoms with Crippen LogP contribution in [0.2, 0.25) is 0 Å². The van der Waals surface area contributed by atoms with E-state index in [2.05, 4.69) is 114 Å². The molecule has 2 heterocycles. The summed E-state index contributed by atoms with van der Waals surface area (Å²) in [6.07, 6.45) is 2.32. The van der Waals surface area contributed by atoms with Crippen molar-refractivity contribution in [2.75, 3.05) is 32.3 Å². The van der Waals surface area contributed by atoms with Crippen LogP contribution in [-0.4, -0.2) is 27.3 Å². The molecule has 2 atom stereocenters. The molecule has 0 spiro atoms. The van der Waals surface area contributed by atoms with Crippen LogP contribution in [0, 0.1) is 0 Å². The minimum absolute atomic E-state index is 0.0682. The molecular weight excluding hydrogens is 482 g/mol. The maximum absolute atomic E-state index is 5.47. The molecule has 0 radical (unpaired) electrons. The first-order valence-corrected chi connectivity index (χ1v) is 13.4. The zero-order valence-corrected chi connectivity index (χ0v) is 22.4. The van der Waals surface area contributed by atoms with E-state index in [1.54, 1.807) is 14.2 Å². The number of methoxy groups -OCH3 is 2. The van der Waals surface area contributed by atoms with Gasteiger partial charge in [-0.05, 0) is 53.6 Å². The third-order valence-corrected chi connectivity index (χ3v) is 7.56.